The first kappa shape index (κ1) is 37.0. The van der Waals surface area contributed by atoms with Crippen molar-refractivity contribution in [2.24, 2.45) is 0 Å². The molecule has 0 aliphatic heterocycles. The number of aryl methyl sites for hydroxylation is 1. The van der Waals surface area contributed by atoms with Gasteiger partial charge in [-0.3, -0.25) is 0 Å². The van der Waals surface area contributed by atoms with Gasteiger partial charge in [-0.15, -0.1) is 0 Å². The van der Waals surface area contributed by atoms with Crippen LogP contribution < -0.4 is 0 Å². The van der Waals surface area contributed by atoms with Crippen molar-refractivity contribution >= 4 is 65.4 Å². The van der Waals surface area contributed by atoms with E-state index >= 15 is 0 Å². The zero-order chi connectivity index (χ0) is 43.7. The zero-order valence-electron chi connectivity index (χ0n) is 36.1. The van der Waals surface area contributed by atoms with Crippen LogP contribution in [0.5, 0.6) is 0 Å². The fraction of sp³-hybridized carbons (Fsp3) is 0.0667. The molecular formula is C60H39N5. The van der Waals surface area contributed by atoms with Gasteiger partial charge in [-0.05, 0) is 77.2 Å². The van der Waals surface area contributed by atoms with E-state index in [1.54, 1.807) is 0 Å². The second kappa shape index (κ2) is 13.4. The Balaban J connectivity index is 1.32. The molecule has 12 aromatic rings. The Hall–Kier alpha value is -8.64. The van der Waals surface area contributed by atoms with Crippen LogP contribution in [0.3, 0.4) is 0 Å². The third kappa shape index (κ3) is 4.90. The van der Waals surface area contributed by atoms with Crippen molar-refractivity contribution in [1.82, 2.24) is 13.7 Å². The van der Waals surface area contributed by atoms with E-state index in [1.165, 1.54) is 22.3 Å². The van der Waals surface area contributed by atoms with Crippen LogP contribution in [0.4, 0.5) is 0 Å². The van der Waals surface area contributed by atoms with Crippen molar-refractivity contribution in [2.45, 2.75) is 26.2 Å². The van der Waals surface area contributed by atoms with Gasteiger partial charge in [0, 0.05) is 43.3 Å². The molecule has 13 rings (SSSR count). The molecule has 5 heteroatoms. The van der Waals surface area contributed by atoms with Gasteiger partial charge in [0.15, 0.2) is 0 Å². The third-order valence-electron chi connectivity index (χ3n) is 14.2. The van der Waals surface area contributed by atoms with E-state index in [0.717, 1.165) is 93.5 Å². The van der Waals surface area contributed by atoms with E-state index in [0.29, 0.717) is 16.8 Å². The van der Waals surface area contributed by atoms with E-state index in [4.69, 9.17) is 0 Å². The number of nitriles is 2. The van der Waals surface area contributed by atoms with E-state index in [9.17, 15) is 10.5 Å². The molecule has 5 nitrogen and oxygen atoms in total. The smallest absolute Gasteiger partial charge is 0.104 e. The Morgan fingerprint density at radius 2 is 0.785 bits per heavy atom. The summed E-state index contributed by atoms with van der Waals surface area (Å²) in [4.78, 5) is 0. The first-order chi connectivity index (χ1) is 31.9. The number of aromatic nitrogens is 3. The van der Waals surface area contributed by atoms with E-state index in [2.05, 4.69) is 229 Å². The van der Waals surface area contributed by atoms with E-state index in [1.807, 2.05) is 0 Å². The monoisotopic (exact) mass is 829 g/mol. The predicted molar refractivity (Wildman–Crippen MR) is 267 cm³/mol. The fourth-order valence-electron chi connectivity index (χ4n) is 11.3. The molecule has 0 unspecified atom stereocenters. The van der Waals surface area contributed by atoms with Gasteiger partial charge in [-0.1, -0.05) is 159 Å². The minimum Gasteiger partial charge on any atom is -0.307 e. The molecule has 9 aromatic carbocycles. The standard InChI is InChI=1S/C60H39N5/c1-36-28-30-37(31-29-36)56-58(63-50-23-11-5-17-39(50)40-18-6-12-24-51(40)63)46(34-61)57(47(35-62)59(56)64-52-25-13-7-19-41(52)42-20-8-14-26-53(42)64)65-54-27-15-9-21-43(54)45-32-44-38-16-4-10-22-48(38)60(2,3)49(44)33-55(45)65/h4-33H,1-3H3. The van der Waals surface area contributed by atoms with Crippen LogP contribution in [0.1, 0.15) is 41.7 Å². The molecule has 0 atom stereocenters. The molecular weight excluding hydrogens is 791 g/mol. The van der Waals surface area contributed by atoms with Gasteiger partial charge in [0.25, 0.3) is 0 Å². The van der Waals surface area contributed by atoms with Crippen molar-refractivity contribution in [2.75, 3.05) is 0 Å². The topological polar surface area (TPSA) is 62.4 Å². The van der Waals surface area contributed by atoms with Crippen LogP contribution in [-0.2, 0) is 5.41 Å². The third-order valence-corrected chi connectivity index (χ3v) is 14.2. The van der Waals surface area contributed by atoms with Crippen LogP contribution in [0.15, 0.2) is 182 Å². The summed E-state index contributed by atoms with van der Waals surface area (Å²) in [6, 6.07) is 69.9. The number of hydrogen-bond acceptors (Lipinski definition) is 2. The lowest BCUT2D eigenvalue weighted by atomic mass is 9.82. The van der Waals surface area contributed by atoms with Gasteiger partial charge >= 0.3 is 0 Å². The van der Waals surface area contributed by atoms with Crippen LogP contribution in [0.25, 0.3) is 105 Å². The lowest BCUT2D eigenvalue weighted by Gasteiger charge is -2.26. The summed E-state index contributed by atoms with van der Waals surface area (Å²) in [5.41, 5.74) is 16.1. The van der Waals surface area contributed by atoms with Gasteiger partial charge in [-0.2, -0.15) is 10.5 Å². The highest BCUT2D eigenvalue weighted by atomic mass is 15.1. The highest BCUT2D eigenvalue weighted by molar-refractivity contribution is 6.15. The molecule has 0 saturated heterocycles. The second-order valence-electron chi connectivity index (χ2n) is 17.9. The summed E-state index contributed by atoms with van der Waals surface area (Å²) in [6.07, 6.45) is 0. The number of rotatable bonds is 4. The van der Waals surface area contributed by atoms with E-state index in [-0.39, 0.29) is 5.41 Å². The van der Waals surface area contributed by atoms with Gasteiger partial charge in [0.05, 0.1) is 50.2 Å². The molecule has 1 aliphatic carbocycles. The highest BCUT2D eigenvalue weighted by Gasteiger charge is 2.38. The molecule has 0 bridgehead atoms. The average Bonchev–Trinajstić information content (AvgIpc) is 4.04. The Morgan fingerprint density at radius 1 is 0.385 bits per heavy atom. The highest BCUT2D eigenvalue weighted by Crippen LogP contribution is 2.53. The summed E-state index contributed by atoms with van der Waals surface area (Å²) < 4.78 is 6.80. The van der Waals surface area contributed by atoms with E-state index < -0.39 is 0 Å². The zero-order valence-corrected chi connectivity index (χ0v) is 36.1. The molecule has 0 spiro atoms. The first-order valence-corrected chi connectivity index (χ1v) is 22.1. The molecule has 3 heterocycles. The molecule has 0 radical (unpaired) electrons. The summed E-state index contributed by atoms with van der Waals surface area (Å²) >= 11 is 0. The molecule has 0 fully saturated rings. The summed E-state index contributed by atoms with van der Waals surface area (Å²) in [5, 5.41) is 30.8. The van der Waals surface area contributed by atoms with Crippen LogP contribution in [0, 0.1) is 29.6 Å². The van der Waals surface area contributed by atoms with Gasteiger partial charge < -0.3 is 13.7 Å². The molecule has 1 aliphatic rings. The summed E-state index contributed by atoms with van der Waals surface area (Å²) in [6.45, 7) is 6.69. The maximum absolute atomic E-state index is 12.1. The van der Waals surface area contributed by atoms with Crippen molar-refractivity contribution in [1.29, 1.82) is 10.5 Å². The number of hydrogen-bond donors (Lipinski definition) is 0. The van der Waals surface area contributed by atoms with Crippen molar-refractivity contribution in [3.63, 3.8) is 0 Å². The molecule has 65 heavy (non-hydrogen) atoms. The molecule has 0 amide bonds. The Labute approximate surface area is 375 Å². The lowest BCUT2D eigenvalue weighted by Crippen LogP contribution is -2.15. The maximum Gasteiger partial charge on any atom is 0.104 e. The van der Waals surface area contributed by atoms with Crippen LogP contribution in [-0.4, -0.2) is 13.7 Å². The van der Waals surface area contributed by atoms with Crippen LogP contribution in [0.2, 0.25) is 0 Å². The van der Waals surface area contributed by atoms with Crippen LogP contribution >= 0.6 is 0 Å². The molecule has 0 saturated carbocycles. The normalized spacial score (nSPS) is 12.9. The number of fused-ring (bicyclic) bond motifs is 12. The Kier molecular flexibility index (Phi) is 7.64. The number of nitrogens with zero attached hydrogens (tertiary/aromatic N) is 5. The first-order valence-electron chi connectivity index (χ1n) is 22.1. The largest absolute Gasteiger partial charge is 0.307 e. The maximum atomic E-state index is 12.1. The number of para-hydroxylation sites is 5. The second-order valence-corrected chi connectivity index (χ2v) is 17.9. The molecule has 0 N–H and O–H groups in total. The average molecular weight is 830 g/mol. The predicted octanol–water partition coefficient (Wildman–Crippen LogP) is 15.0. The fourth-order valence-corrected chi connectivity index (χ4v) is 11.3. The quantitative estimate of drug-likeness (QED) is 0.177. The number of benzene rings is 9. The lowest BCUT2D eigenvalue weighted by molar-refractivity contribution is 0.661. The Bertz CT molecular complexity index is 3860. The summed E-state index contributed by atoms with van der Waals surface area (Å²) in [5.74, 6) is 0. The summed E-state index contributed by atoms with van der Waals surface area (Å²) in [7, 11) is 0. The van der Waals surface area contributed by atoms with Gasteiger partial charge in [-0.25, -0.2) is 0 Å². The Morgan fingerprint density at radius 3 is 1.25 bits per heavy atom. The van der Waals surface area contributed by atoms with Gasteiger partial charge in [0.1, 0.15) is 23.3 Å². The molecule has 3 aromatic heterocycles. The van der Waals surface area contributed by atoms with Crippen molar-refractivity contribution < 1.29 is 0 Å². The SMILES string of the molecule is Cc1ccc(-c2c(-n3c4ccccc4c4ccccc43)c(C#N)c(-n3c4ccccc4c4cc5c(cc43)C(C)(C)c3ccccc3-5)c(C#N)c2-n2c3ccccc3c3ccccc32)cc1. The van der Waals surface area contributed by atoms with Crippen molar-refractivity contribution in [3.05, 3.63) is 210 Å². The minimum atomic E-state index is -0.283. The minimum absolute atomic E-state index is 0.283. The molecule has 304 valence electrons. The van der Waals surface area contributed by atoms with Gasteiger partial charge in [0.2, 0.25) is 0 Å². The van der Waals surface area contributed by atoms with Crippen molar-refractivity contribution in [3.8, 4) is 51.5 Å².